The van der Waals surface area contributed by atoms with Crippen molar-refractivity contribution in [1.82, 2.24) is 0 Å². The highest BCUT2D eigenvalue weighted by atomic mass is 32.2. The number of thioether (sulfide) groups is 1. The van der Waals surface area contributed by atoms with Crippen molar-refractivity contribution < 1.29 is 19.5 Å². The van der Waals surface area contributed by atoms with Crippen LogP contribution in [0.3, 0.4) is 0 Å². The van der Waals surface area contributed by atoms with Crippen LogP contribution in [0.25, 0.3) is 0 Å². The fraction of sp³-hybridized carbons (Fsp3) is 0.357. The topological polar surface area (TPSA) is 101 Å². The summed E-state index contributed by atoms with van der Waals surface area (Å²) in [6.45, 7) is 1.92. The SMILES string of the molecule is Cc1ccc(N2C(=O)CC(SCC(N)C(=O)O)C2=O)cc1. The van der Waals surface area contributed by atoms with E-state index in [0.29, 0.717) is 5.69 Å². The van der Waals surface area contributed by atoms with Crippen LogP contribution < -0.4 is 10.6 Å². The lowest BCUT2D eigenvalue weighted by Gasteiger charge is -2.15. The summed E-state index contributed by atoms with van der Waals surface area (Å²) in [5.41, 5.74) is 6.99. The second kappa shape index (κ2) is 6.28. The van der Waals surface area contributed by atoms with Crippen molar-refractivity contribution in [2.24, 2.45) is 5.73 Å². The molecule has 0 aromatic heterocycles. The number of carboxylic acids is 1. The second-order valence-corrected chi connectivity index (χ2v) is 6.11. The lowest BCUT2D eigenvalue weighted by Crippen LogP contribution is -2.35. The van der Waals surface area contributed by atoms with E-state index < -0.39 is 17.3 Å². The average Bonchev–Trinajstić information content (AvgIpc) is 2.72. The fourth-order valence-corrected chi connectivity index (χ4v) is 3.08. The van der Waals surface area contributed by atoms with Gasteiger partial charge >= 0.3 is 5.97 Å². The van der Waals surface area contributed by atoms with Crippen molar-refractivity contribution in [3.05, 3.63) is 29.8 Å². The zero-order valence-electron chi connectivity index (χ0n) is 11.5. The van der Waals surface area contributed by atoms with E-state index in [1.165, 1.54) is 0 Å². The second-order valence-electron chi connectivity index (χ2n) is 4.87. The first kappa shape index (κ1) is 15.5. The van der Waals surface area contributed by atoms with Gasteiger partial charge in [-0.25, -0.2) is 4.90 Å². The molecule has 2 amide bonds. The Morgan fingerprint density at radius 1 is 1.43 bits per heavy atom. The van der Waals surface area contributed by atoms with E-state index in [4.69, 9.17) is 10.8 Å². The van der Waals surface area contributed by atoms with Gasteiger partial charge in [0.1, 0.15) is 6.04 Å². The number of imide groups is 1. The maximum absolute atomic E-state index is 12.3. The third kappa shape index (κ3) is 3.43. The van der Waals surface area contributed by atoms with Crippen LogP contribution in [0.4, 0.5) is 5.69 Å². The molecular weight excluding hydrogens is 292 g/mol. The Hall–Kier alpha value is -1.86. The molecule has 2 atom stereocenters. The van der Waals surface area contributed by atoms with Gasteiger partial charge < -0.3 is 10.8 Å². The number of benzene rings is 1. The molecule has 0 spiro atoms. The molecule has 2 rings (SSSR count). The number of nitrogens with zero attached hydrogens (tertiary/aromatic N) is 1. The highest BCUT2D eigenvalue weighted by Gasteiger charge is 2.40. The molecule has 1 fully saturated rings. The van der Waals surface area contributed by atoms with Gasteiger partial charge in [0.25, 0.3) is 0 Å². The standard InChI is InChI=1S/C14H16N2O4S/c1-8-2-4-9(5-3-8)16-12(17)6-11(13(16)18)21-7-10(15)14(19)20/h2-5,10-11H,6-7,15H2,1H3,(H,19,20). The molecule has 1 heterocycles. The van der Waals surface area contributed by atoms with E-state index in [1.54, 1.807) is 12.1 Å². The van der Waals surface area contributed by atoms with E-state index in [-0.39, 0.29) is 24.0 Å². The normalized spacial score (nSPS) is 19.9. The molecule has 0 aliphatic carbocycles. The van der Waals surface area contributed by atoms with Crippen LogP contribution in [-0.2, 0) is 14.4 Å². The van der Waals surface area contributed by atoms with Gasteiger partial charge in [-0.2, -0.15) is 0 Å². The predicted octanol–water partition coefficient (Wildman–Crippen LogP) is 0.772. The highest BCUT2D eigenvalue weighted by Crippen LogP contribution is 2.29. The Balaban J connectivity index is 2.06. The summed E-state index contributed by atoms with van der Waals surface area (Å²) in [6.07, 6.45) is 0.0731. The molecule has 3 N–H and O–H groups in total. The summed E-state index contributed by atoms with van der Waals surface area (Å²) in [6, 6.07) is 6.07. The zero-order valence-corrected chi connectivity index (χ0v) is 12.3. The number of aryl methyl sites for hydroxylation is 1. The molecule has 112 valence electrons. The minimum atomic E-state index is -1.12. The third-order valence-corrected chi connectivity index (χ3v) is 4.51. The lowest BCUT2D eigenvalue weighted by atomic mass is 10.2. The monoisotopic (exact) mass is 308 g/mol. The summed E-state index contributed by atoms with van der Waals surface area (Å²) in [4.78, 5) is 36.1. The van der Waals surface area contributed by atoms with E-state index >= 15 is 0 Å². The van der Waals surface area contributed by atoms with E-state index in [1.807, 2.05) is 19.1 Å². The molecule has 0 saturated carbocycles. The maximum Gasteiger partial charge on any atom is 0.321 e. The number of amides is 2. The average molecular weight is 308 g/mol. The molecule has 1 aromatic carbocycles. The van der Waals surface area contributed by atoms with Crippen molar-refractivity contribution in [3.63, 3.8) is 0 Å². The molecule has 1 aliphatic rings. The number of hydrogen-bond donors (Lipinski definition) is 2. The number of rotatable bonds is 5. The Labute approximate surface area is 126 Å². The summed E-state index contributed by atoms with van der Waals surface area (Å²) in [5, 5.41) is 8.16. The molecule has 21 heavy (non-hydrogen) atoms. The van der Waals surface area contributed by atoms with Gasteiger partial charge in [-0.15, -0.1) is 11.8 Å². The van der Waals surface area contributed by atoms with E-state index in [0.717, 1.165) is 22.2 Å². The van der Waals surface area contributed by atoms with Crippen molar-refractivity contribution >= 4 is 35.2 Å². The molecule has 0 radical (unpaired) electrons. The first-order valence-electron chi connectivity index (χ1n) is 6.43. The number of carboxylic acid groups (broad SMARTS) is 1. The van der Waals surface area contributed by atoms with Crippen molar-refractivity contribution in [2.45, 2.75) is 24.6 Å². The Kier molecular flexibility index (Phi) is 4.64. The summed E-state index contributed by atoms with van der Waals surface area (Å²) >= 11 is 1.12. The summed E-state index contributed by atoms with van der Waals surface area (Å²) < 4.78 is 0. The van der Waals surface area contributed by atoms with Crippen LogP contribution in [-0.4, -0.2) is 39.9 Å². The number of nitrogens with two attached hydrogens (primary N) is 1. The van der Waals surface area contributed by atoms with Crippen LogP contribution in [0.2, 0.25) is 0 Å². The minimum Gasteiger partial charge on any atom is -0.480 e. The van der Waals surface area contributed by atoms with Crippen LogP contribution in [0.1, 0.15) is 12.0 Å². The molecule has 6 nitrogen and oxygen atoms in total. The number of hydrogen-bond acceptors (Lipinski definition) is 5. The van der Waals surface area contributed by atoms with Gasteiger partial charge in [-0.05, 0) is 19.1 Å². The minimum absolute atomic E-state index is 0.0731. The number of carbonyl (C=O) groups is 3. The van der Waals surface area contributed by atoms with Crippen molar-refractivity contribution in [2.75, 3.05) is 10.7 Å². The van der Waals surface area contributed by atoms with Gasteiger partial charge in [-0.3, -0.25) is 14.4 Å². The van der Waals surface area contributed by atoms with E-state index in [9.17, 15) is 14.4 Å². The Bertz CT molecular complexity index is 573. The zero-order chi connectivity index (χ0) is 15.6. The lowest BCUT2D eigenvalue weighted by molar-refractivity contribution is -0.138. The largest absolute Gasteiger partial charge is 0.480 e. The molecule has 1 aromatic rings. The van der Waals surface area contributed by atoms with Crippen LogP contribution in [0.15, 0.2) is 24.3 Å². The molecule has 2 unspecified atom stereocenters. The number of carbonyl (C=O) groups excluding carboxylic acids is 2. The molecule has 7 heteroatoms. The number of anilines is 1. The molecular formula is C14H16N2O4S. The fourth-order valence-electron chi connectivity index (χ4n) is 1.99. The van der Waals surface area contributed by atoms with Gasteiger partial charge in [0.15, 0.2) is 0 Å². The molecule has 0 bridgehead atoms. The van der Waals surface area contributed by atoms with Crippen molar-refractivity contribution in [3.8, 4) is 0 Å². The first-order valence-corrected chi connectivity index (χ1v) is 7.48. The Morgan fingerprint density at radius 2 is 2.05 bits per heavy atom. The van der Waals surface area contributed by atoms with Gasteiger partial charge in [0.2, 0.25) is 11.8 Å². The van der Waals surface area contributed by atoms with Gasteiger partial charge in [0.05, 0.1) is 10.9 Å². The van der Waals surface area contributed by atoms with Crippen LogP contribution >= 0.6 is 11.8 Å². The smallest absolute Gasteiger partial charge is 0.321 e. The van der Waals surface area contributed by atoms with Crippen LogP contribution in [0.5, 0.6) is 0 Å². The molecule has 1 aliphatic heterocycles. The first-order chi connectivity index (χ1) is 9.90. The highest BCUT2D eigenvalue weighted by molar-refractivity contribution is 8.00. The third-order valence-electron chi connectivity index (χ3n) is 3.19. The van der Waals surface area contributed by atoms with Gasteiger partial charge in [0, 0.05) is 12.2 Å². The quantitative estimate of drug-likeness (QED) is 0.779. The summed E-state index contributed by atoms with van der Waals surface area (Å²) in [7, 11) is 0. The van der Waals surface area contributed by atoms with Crippen molar-refractivity contribution in [1.29, 1.82) is 0 Å². The van der Waals surface area contributed by atoms with E-state index in [2.05, 4.69) is 0 Å². The summed E-state index contributed by atoms with van der Waals surface area (Å²) in [5.74, 6) is -1.60. The van der Waals surface area contributed by atoms with Crippen LogP contribution in [0, 0.1) is 6.92 Å². The molecule has 1 saturated heterocycles. The predicted molar refractivity (Wildman–Crippen MR) is 80.1 cm³/mol. The maximum atomic E-state index is 12.3. The van der Waals surface area contributed by atoms with Gasteiger partial charge in [-0.1, -0.05) is 17.7 Å². The Morgan fingerprint density at radius 3 is 2.62 bits per heavy atom. The number of aliphatic carboxylic acids is 1.